The van der Waals surface area contributed by atoms with Crippen molar-refractivity contribution in [3.63, 3.8) is 0 Å². The van der Waals surface area contributed by atoms with Gasteiger partial charge in [-0.15, -0.1) is 0 Å². The molecule has 8 nitrogen and oxygen atoms in total. The van der Waals surface area contributed by atoms with Crippen LogP contribution in [-0.2, 0) is 20.8 Å². The van der Waals surface area contributed by atoms with Gasteiger partial charge in [-0.1, -0.05) is 60.2 Å². The van der Waals surface area contributed by atoms with Gasteiger partial charge in [0.15, 0.2) is 6.61 Å². The summed E-state index contributed by atoms with van der Waals surface area (Å²) in [6.07, 6.45) is 2.01. The molecule has 0 saturated carbocycles. The van der Waals surface area contributed by atoms with Gasteiger partial charge in [0.25, 0.3) is 5.91 Å². The number of carbonyl (C=O) groups is 3. The fourth-order valence-electron chi connectivity index (χ4n) is 3.24. The molecule has 3 rings (SSSR count). The van der Waals surface area contributed by atoms with Crippen LogP contribution in [0.2, 0.25) is 0 Å². The lowest BCUT2D eigenvalue weighted by Gasteiger charge is -2.10. The van der Waals surface area contributed by atoms with Crippen molar-refractivity contribution in [1.29, 1.82) is 0 Å². The van der Waals surface area contributed by atoms with Gasteiger partial charge in [-0.3, -0.25) is 14.4 Å². The molecule has 0 aromatic heterocycles. The van der Waals surface area contributed by atoms with Gasteiger partial charge in [-0.2, -0.15) is 5.10 Å². The van der Waals surface area contributed by atoms with Crippen LogP contribution in [0.1, 0.15) is 22.3 Å². The highest BCUT2D eigenvalue weighted by molar-refractivity contribution is 6.35. The Morgan fingerprint density at radius 1 is 0.914 bits per heavy atom. The molecule has 0 saturated heterocycles. The molecule has 3 N–H and O–H groups in total. The molecule has 0 aliphatic rings. The van der Waals surface area contributed by atoms with Gasteiger partial charge in [0.05, 0.1) is 6.21 Å². The Morgan fingerprint density at radius 2 is 1.71 bits per heavy atom. The molecule has 0 atom stereocenters. The molecule has 0 fully saturated rings. The van der Waals surface area contributed by atoms with Gasteiger partial charge >= 0.3 is 11.8 Å². The van der Waals surface area contributed by atoms with Gasteiger partial charge in [0.1, 0.15) is 5.75 Å². The number of hydrazone groups is 1. The molecular formula is C27H28N4O4. The first-order chi connectivity index (χ1) is 16.9. The summed E-state index contributed by atoms with van der Waals surface area (Å²) in [5.41, 5.74) is 6.73. The first kappa shape index (κ1) is 25.2. The van der Waals surface area contributed by atoms with E-state index < -0.39 is 11.8 Å². The van der Waals surface area contributed by atoms with Crippen molar-refractivity contribution in [2.75, 3.05) is 18.5 Å². The van der Waals surface area contributed by atoms with Crippen molar-refractivity contribution in [3.05, 3.63) is 95.1 Å². The number of anilines is 1. The summed E-state index contributed by atoms with van der Waals surface area (Å²) in [6, 6.07) is 22.3. The van der Waals surface area contributed by atoms with Crippen molar-refractivity contribution in [2.24, 2.45) is 5.10 Å². The predicted octanol–water partition coefficient (Wildman–Crippen LogP) is 3.13. The normalized spacial score (nSPS) is 10.6. The maximum Gasteiger partial charge on any atom is 0.329 e. The molecule has 0 spiro atoms. The Kier molecular flexibility index (Phi) is 9.13. The molecule has 35 heavy (non-hydrogen) atoms. The van der Waals surface area contributed by atoms with E-state index in [1.54, 1.807) is 24.3 Å². The SMILES string of the molecule is Cc1ccc(NC(=O)COc2cccc(/C=N\NC(=O)C(=O)NCCc3ccccc3)c2)c(C)c1. The molecule has 3 aromatic rings. The summed E-state index contributed by atoms with van der Waals surface area (Å²) in [5, 5.41) is 9.20. The van der Waals surface area contributed by atoms with Crippen LogP contribution in [0.5, 0.6) is 5.75 Å². The Labute approximate surface area is 204 Å². The van der Waals surface area contributed by atoms with E-state index >= 15 is 0 Å². The highest BCUT2D eigenvalue weighted by Gasteiger charge is 2.11. The monoisotopic (exact) mass is 472 g/mol. The van der Waals surface area contributed by atoms with Crippen LogP contribution in [0, 0.1) is 13.8 Å². The van der Waals surface area contributed by atoms with Gasteiger partial charge in [-0.25, -0.2) is 5.43 Å². The lowest BCUT2D eigenvalue weighted by Crippen LogP contribution is -2.38. The number of benzene rings is 3. The van der Waals surface area contributed by atoms with Gasteiger partial charge in [0, 0.05) is 12.2 Å². The number of aryl methyl sites for hydroxylation is 2. The third-order valence-corrected chi connectivity index (χ3v) is 5.01. The van der Waals surface area contributed by atoms with Gasteiger partial charge in [-0.05, 0) is 55.2 Å². The van der Waals surface area contributed by atoms with Crippen LogP contribution in [-0.4, -0.2) is 37.1 Å². The quantitative estimate of drug-likeness (QED) is 0.253. The van der Waals surface area contributed by atoms with Gasteiger partial charge < -0.3 is 15.4 Å². The fraction of sp³-hybridized carbons (Fsp3) is 0.185. The minimum atomic E-state index is -0.857. The largest absolute Gasteiger partial charge is 0.484 e. The highest BCUT2D eigenvalue weighted by atomic mass is 16.5. The Balaban J connectivity index is 1.42. The number of nitrogens with one attached hydrogen (secondary N) is 3. The van der Waals surface area contributed by atoms with E-state index in [9.17, 15) is 14.4 Å². The zero-order chi connectivity index (χ0) is 25.0. The lowest BCUT2D eigenvalue weighted by molar-refractivity contribution is -0.139. The second-order valence-electron chi connectivity index (χ2n) is 7.92. The molecule has 0 aliphatic carbocycles. The maximum atomic E-state index is 12.2. The number of rotatable bonds is 9. The van der Waals surface area contributed by atoms with Crippen LogP contribution in [0.15, 0.2) is 77.9 Å². The number of hydrogen-bond donors (Lipinski definition) is 3. The summed E-state index contributed by atoms with van der Waals surface area (Å²) in [6.45, 7) is 4.11. The minimum absolute atomic E-state index is 0.159. The standard InChI is InChI=1S/C27H28N4O4/c1-19-11-12-24(20(2)15-19)30-25(32)18-35-23-10-6-9-22(16-23)17-29-31-27(34)26(33)28-14-13-21-7-4-3-5-8-21/h3-12,15-17H,13-14,18H2,1-2H3,(H,28,33)(H,30,32)(H,31,34)/b29-17-. The van der Waals surface area contributed by atoms with Crippen LogP contribution in [0.4, 0.5) is 5.69 Å². The van der Waals surface area contributed by atoms with E-state index in [0.29, 0.717) is 24.3 Å². The molecule has 8 heteroatoms. The topological polar surface area (TPSA) is 109 Å². The average Bonchev–Trinajstić information content (AvgIpc) is 2.85. The molecule has 0 heterocycles. The van der Waals surface area contributed by atoms with E-state index in [4.69, 9.17) is 4.74 Å². The summed E-state index contributed by atoms with van der Waals surface area (Å²) < 4.78 is 5.57. The van der Waals surface area contributed by atoms with Crippen LogP contribution < -0.4 is 20.8 Å². The molecule has 180 valence electrons. The number of carbonyl (C=O) groups excluding carboxylic acids is 3. The molecule has 3 amide bonds. The summed E-state index contributed by atoms with van der Waals surface area (Å²) in [5.74, 6) is -1.42. The van der Waals surface area contributed by atoms with E-state index in [1.807, 2.05) is 62.4 Å². The number of nitrogens with zero attached hydrogens (tertiary/aromatic N) is 1. The fourth-order valence-corrected chi connectivity index (χ4v) is 3.24. The van der Waals surface area contributed by atoms with Crippen molar-refractivity contribution >= 4 is 29.6 Å². The van der Waals surface area contributed by atoms with Crippen molar-refractivity contribution in [3.8, 4) is 5.75 Å². The second-order valence-corrected chi connectivity index (χ2v) is 7.92. The number of ether oxygens (including phenoxy) is 1. The summed E-state index contributed by atoms with van der Waals surface area (Å²) in [7, 11) is 0. The second kappa shape index (κ2) is 12.7. The molecule has 0 bridgehead atoms. The Hall–Kier alpha value is -4.46. The minimum Gasteiger partial charge on any atom is -0.484 e. The summed E-state index contributed by atoms with van der Waals surface area (Å²) >= 11 is 0. The van der Waals surface area contributed by atoms with Crippen LogP contribution in [0.3, 0.4) is 0 Å². The first-order valence-corrected chi connectivity index (χ1v) is 11.2. The number of hydrogen-bond acceptors (Lipinski definition) is 5. The molecule has 0 unspecified atom stereocenters. The van der Waals surface area contributed by atoms with Gasteiger partial charge in [0.2, 0.25) is 0 Å². The third-order valence-electron chi connectivity index (χ3n) is 5.01. The van der Waals surface area contributed by atoms with Crippen molar-refractivity contribution < 1.29 is 19.1 Å². The third kappa shape index (κ3) is 8.43. The Bertz CT molecular complexity index is 1210. The zero-order valence-electron chi connectivity index (χ0n) is 19.7. The van der Waals surface area contributed by atoms with E-state index in [1.165, 1.54) is 6.21 Å². The van der Waals surface area contributed by atoms with Crippen LogP contribution >= 0.6 is 0 Å². The maximum absolute atomic E-state index is 12.2. The van der Waals surface area contributed by atoms with Crippen LogP contribution in [0.25, 0.3) is 0 Å². The van der Waals surface area contributed by atoms with E-state index in [-0.39, 0.29) is 12.5 Å². The van der Waals surface area contributed by atoms with E-state index in [2.05, 4.69) is 21.2 Å². The first-order valence-electron chi connectivity index (χ1n) is 11.2. The van der Waals surface area contributed by atoms with Crippen molar-refractivity contribution in [2.45, 2.75) is 20.3 Å². The Morgan fingerprint density at radius 3 is 2.49 bits per heavy atom. The predicted molar refractivity (Wildman–Crippen MR) is 135 cm³/mol. The van der Waals surface area contributed by atoms with E-state index in [0.717, 1.165) is 22.4 Å². The molecule has 0 radical (unpaired) electrons. The van der Waals surface area contributed by atoms with Crippen molar-refractivity contribution in [1.82, 2.24) is 10.7 Å². The molecular weight excluding hydrogens is 444 g/mol. The molecule has 0 aliphatic heterocycles. The molecule has 3 aromatic carbocycles. The summed E-state index contributed by atoms with van der Waals surface area (Å²) in [4.78, 5) is 36.0. The smallest absolute Gasteiger partial charge is 0.329 e. The average molecular weight is 473 g/mol. The highest BCUT2D eigenvalue weighted by Crippen LogP contribution is 2.16. The lowest BCUT2D eigenvalue weighted by atomic mass is 10.1. The zero-order valence-corrected chi connectivity index (χ0v) is 19.7. The number of amides is 3.